The van der Waals surface area contributed by atoms with Gasteiger partial charge in [0.05, 0.1) is 11.4 Å². The van der Waals surface area contributed by atoms with Crippen molar-refractivity contribution in [1.82, 2.24) is 20.2 Å². The molecule has 3 aromatic rings. The second-order valence-corrected chi connectivity index (χ2v) is 5.34. The maximum absolute atomic E-state index is 4.66. The number of aromatic amines is 1. The number of hydrogen-bond donors (Lipinski definition) is 1. The number of rotatable bonds is 4. The summed E-state index contributed by atoms with van der Waals surface area (Å²) in [6, 6.07) is 12.3. The normalized spacial score (nSPS) is 10.7. The van der Waals surface area contributed by atoms with Gasteiger partial charge >= 0.3 is 0 Å². The van der Waals surface area contributed by atoms with Crippen molar-refractivity contribution in [3.63, 3.8) is 0 Å². The number of nitrogens with one attached hydrogen (secondary N) is 1. The molecule has 0 saturated carbocycles. The first kappa shape index (κ1) is 14.3. The number of aryl methyl sites for hydroxylation is 1. The second-order valence-electron chi connectivity index (χ2n) is 5.34. The van der Waals surface area contributed by atoms with Crippen molar-refractivity contribution in [3.05, 3.63) is 48.3 Å². The van der Waals surface area contributed by atoms with Crippen LogP contribution in [0, 0.1) is 0 Å². The van der Waals surface area contributed by atoms with E-state index in [9.17, 15) is 0 Å². The van der Waals surface area contributed by atoms with E-state index in [1.807, 2.05) is 31.1 Å². The number of benzene rings is 1. The Bertz CT molecular complexity index is 762. The summed E-state index contributed by atoms with van der Waals surface area (Å²) in [5.41, 5.74) is 5.15. The van der Waals surface area contributed by atoms with E-state index in [4.69, 9.17) is 0 Å². The average Bonchev–Trinajstić information content (AvgIpc) is 3.09. The monoisotopic (exact) mass is 293 g/mol. The van der Waals surface area contributed by atoms with Crippen molar-refractivity contribution in [3.8, 4) is 22.5 Å². The molecule has 1 N–H and O–H groups in total. The van der Waals surface area contributed by atoms with Crippen LogP contribution in [-0.2, 0) is 6.42 Å². The Morgan fingerprint density at radius 3 is 2.55 bits per heavy atom. The maximum Gasteiger partial charge on any atom is 0.225 e. The fourth-order valence-corrected chi connectivity index (χ4v) is 2.28. The van der Waals surface area contributed by atoms with Gasteiger partial charge in [-0.2, -0.15) is 5.10 Å². The van der Waals surface area contributed by atoms with Gasteiger partial charge in [-0.15, -0.1) is 0 Å². The fraction of sp³-hybridized carbons (Fsp3) is 0.235. The van der Waals surface area contributed by atoms with Crippen LogP contribution in [0.1, 0.15) is 12.6 Å². The molecule has 112 valence electrons. The van der Waals surface area contributed by atoms with Crippen LogP contribution in [0.4, 0.5) is 5.95 Å². The van der Waals surface area contributed by atoms with Crippen LogP contribution in [0.3, 0.4) is 0 Å². The molecule has 2 heterocycles. The standard InChI is InChI=1S/C17H19N5/c1-4-14-11-16(20-17(19-14)22(2)3)13-7-5-6-12(10-13)15-8-9-18-21-15/h5-11H,4H2,1-3H3,(H,18,21). The smallest absolute Gasteiger partial charge is 0.225 e. The topological polar surface area (TPSA) is 57.7 Å². The summed E-state index contributed by atoms with van der Waals surface area (Å²) in [6.45, 7) is 2.10. The molecule has 5 nitrogen and oxygen atoms in total. The fourth-order valence-electron chi connectivity index (χ4n) is 2.28. The van der Waals surface area contributed by atoms with Crippen molar-refractivity contribution >= 4 is 5.95 Å². The molecule has 0 amide bonds. The van der Waals surface area contributed by atoms with Gasteiger partial charge in [0.25, 0.3) is 0 Å². The van der Waals surface area contributed by atoms with Crippen LogP contribution >= 0.6 is 0 Å². The van der Waals surface area contributed by atoms with Crippen molar-refractivity contribution in [2.45, 2.75) is 13.3 Å². The molecule has 5 heteroatoms. The summed E-state index contributed by atoms with van der Waals surface area (Å²) in [7, 11) is 3.92. The molecule has 1 aromatic carbocycles. The van der Waals surface area contributed by atoms with Crippen LogP contribution in [0.15, 0.2) is 42.6 Å². The minimum Gasteiger partial charge on any atom is -0.347 e. The molecule has 3 rings (SSSR count). The Morgan fingerprint density at radius 2 is 1.86 bits per heavy atom. The first-order chi connectivity index (χ1) is 10.7. The van der Waals surface area contributed by atoms with E-state index >= 15 is 0 Å². The average molecular weight is 293 g/mol. The van der Waals surface area contributed by atoms with E-state index in [0.29, 0.717) is 0 Å². The quantitative estimate of drug-likeness (QED) is 0.802. The van der Waals surface area contributed by atoms with E-state index in [1.54, 1.807) is 6.20 Å². The number of hydrogen-bond acceptors (Lipinski definition) is 4. The Morgan fingerprint density at radius 1 is 1.05 bits per heavy atom. The van der Waals surface area contributed by atoms with Gasteiger partial charge in [0.15, 0.2) is 0 Å². The lowest BCUT2D eigenvalue weighted by atomic mass is 10.1. The van der Waals surface area contributed by atoms with Crippen molar-refractivity contribution in [2.24, 2.45) is 0 Å². The molecule has 0 radical (unpaired) electrons. The third kappa shape index (κ3) is 2.83. The molecule has 0 aliphatic carbocycles. The molecule has 22 heavy (non-hydrogen) atoms. The number of aromatic nitrogens is 4. The number of nitrogens with zero attached hydrogens (tertiary/aromatic N) is 4. The Labute approximate surface area is 130 Å². The van der Waals surface area contributed by atoms with Gasteiger partial charge < -0.3 is 4.90 Å². The predicted molar refractivity (Wildman–Crippen MR) is 88.8 cm³/mol. The lowest BCUT2D eigenvalue weighted by Crippen LogP contribution is -2.14. The van der Waals surface area contributed by atoms with E-state index in [0.717, 1.165) is 40.6 Å². The van der Waals surface area contributed by atoms with E-state index in [1.165, 1.54) is 0 Å². The molecule has 0 bridgehead atoms. The Hall–Kier alpha value is -2.69. The predicted octanol–water partition coefficient (Wildman–Crippen LogP) is 3.16. The molecule has 0 fully saturated rings. The summed E-state index contributed by atoms with van der Waals surface area (Å²) in [5, 5.41) is 7.00. The highest BCUT2D eigenvalue weighted by atomic mass is 15.2. The minimum atomic E-state index is 0.737. The largest absolute Gasteiger partial charge is 0.347 e. The van der Waals surface area contributed by atoms with Crippen molar-refractivity contribution in [2.75, 3.05) is 19.0 Å². The molecule has 0 atom stereocenters. The highest BCUT2D eigenvalue weighted by Gasteiger charge is 2.09. The van der Waals surface area contributed by atoms with Gasteiger partial charge in [0.2, 0.25) is 5.95 Å². The van der Waals surface area contributed by atoms with E-state index in [-0.39, 0.29) is 0 Å². The van der Waals surface area contributed by atoms with Crippen molar-refractivity contribution in [1.29, 1.82) is 0 Å². The van der Waals surface area contributed by atoms with Crippen LogP contribution in [0.2, 0.25) is 0 Å². The third-order valence-electron chi connectivity index (χ3n) is 3.50. The van der Waals surface area contributed by atoms with Crippen LogP contribution in [-0.4, -0.2) is 34.3 Å². The lowest BCUT2D eigenvalue weighted by molar-refractivity contribution is 0.942. The van der Waals surface area contributed by atoms with Gasteiger partial charge in [-0.3, -0.25) is 5.10 Å². The zero-order valence-electron chi connectivity index (χ0n) is 13.0. The third-order valence-corrected chi connectivity index (χ3v) is 3.50. The number of H-pyrrole nitrogens is 1. The second kappa shape index (κ2) is 5.97. The molecule has 0 aliphatic heterocycles. The van der Waals surface area contributed by atoms with Crippen LogP contribution < -0.4 is 4.90 Å². The van der Waals surface area contributed by atoms with Crippen LogP contribution in [0.25, 0.3) is 22.5 Å². The van der Waals surface area contributed by atoms with Gasteiger partial charge in [-0.05, 0) is 24.6 Å². The minimum absolute atomic E-state index is 0.737. The molecule has 2 aromatic heterocycles. The molecule has 0 saturated heterocycles. The summed E-state index contributed by atoms with van der Waals surface area (Å²) in [6.07, 6.45) is 2.64. The Kier molecular flexibility index (Phi) is 3.87. The highest BCUT2D eigenvalue weighted by Crippen LogP contribution is 2.25. The molecule has 0 unspecified atom stereocenters. The lowest BCUT2D eigenvalue weighted by Gasteiger charge is -2.13. The first-order valence-electron chi connectivity index (χ1n) is 7.33. The molecule has 0 spiro atoms. The molecule has 0 aliphatic rings. The highest BCUT2D eigenvalue weighted by molar-refractivity contribution is 5.69. The van der Waals surface area contributed by atoms with E-state index in [2.05, 4.69) is 51.4 Å². The molecular weight excluding hydrogens is 274 g/mol. The zero-order valence-corrected chi connectivity index (χ0v) is 13.0. The summed E-state index contributed by atoms with van der Waals surface area (Å²) in [4.78, 5) is 11.1. The zero-order chi connectivity index (χ0) is 15.5. The Balaban J connectivity index is 2.07. The van der Waals surface area contributed by atoms with Crippen molar-refractivity contribution < 1.29 is 0 Å². The first-order valence-corrected chi connectivity index (χ1v) is 7.33. The summed E-state index contributed by atoms with van der Waals surface area (Å²) < 4.78 is 0. The van der Waals surface area contributed by atoms with Crippen LogP contribution in [0.5, 0.6) is 0 Å². The summed E-state index contributed by atoms with van der Waals surface area (Å²) in [5.74, 6) is 0.737. The van der Waals surface area contributed by atoms with E-state index < -0.39 is 0 Å². The summed E-state index contributed by atoms with van der Waals surface area (Å²) >= 11 is 0. The molecular formula is C17H19N5. The van der Waals surface area contributed by atoms with Gasteiger partial charge in [-0.1, -0.05) is 25.1 Å². The van der Waals surface area contributed by atoms with Gasteiger partial charge in [0, 0.05) is 37.1 Å². The maximum atomic E-state index is 4.66. The SMILES string of the molecule is CCc1cc(-c2cccc(-c3ccn[nH]3)c2)nc(N(C)C)n1. The van der Waals surface area contributed by atoms with Gasteiger partial charge in [-0.25, -0.2) is 9.97 Å². The number of anilines is 1. The van der Waals surface area contributed by atoms with Gasteiger partial charge in [0.1, 0.15) is 0 Å².